The number of esters is 2. The number of carbonyl (C=O) groups is 3. The number of sulfonamides is 1. The minimum atomic E-state index is -4.20. The van der Waals surface area contributed by atoms with E-state index in [2.05, 4.69) is 11.3 Å². The van der Waals surface area contributed by atoms with Crippen LogP contribution in [0.1, 0.15) is 40.5 Å². The molecule has 0 aliphatic carbocycles. The molecule has 0 saturated carbocycles. The van der Waals surface area contributed by atoms with E-state index in [1.807, 2.05) is 12.1 Å². The van der Waals surface area contributed by atoms with Gasteiger partial charge in [0.15, 0.2) is 0 Å². The molecule has 10 heteroatoms. The van der Waals surface area contributed by atoms with Gasteiger partial charge in [-0.1, -0.05) is 36.4 Å². The van der Waals surface area contributed by atoms with Crippen molar-refractivity contribution in [2.45, 2.75) is 57.1 Å². The van der Waals surface area contributed by atoms with Crippen molar-refractivity contribution in [2.24, 2.45) is 0 Å². The van der Waals surface area contributed by atoms with Gasteiger partial charge in [-0.2, -0.15) is 4.72 Å². The average molecular weight is 519 g/mol. The highest BCUT2D eigenvalue weighted by atomic mass is 32.2. The van der Waals surface area contributed by atoms with Crippen molar-refractivity contribution in [1.29, 1.82) is 0 Å². The molecule has 36 heavy (non-hydrogen) atoms. The van der Waals surface area contributed by atoms with Gasteiger partial charge in [0, 0.05) is 13.1 Å². The number of benzene rings is 2. The molecule has 0 unspecified atom stereocenters. The maximum atomic E-state index is 13.4. The molecule has 0 heterocycles. The van der Waals surface area contributed by atoms with Crippen molar-refractivity contribution in [3.63, 3.8) is 0 Å². The van der Waals surface area contributed by atoms with Gasteiger partial charge >= 0.3 is 11.9 Å². The molecular formula is C26H34N2O7S. The molecule has 0 saturated heterocycles. The highest BCUT2D eigenvalue weighted by Crippen LogP contribution is 2.20. The van der Waals surface area contributed by atoms with Crippen LogP contribution in [-0.2, 0) is 33.9 Å². The first-order valence-electron chi connectivity index (χ1n) is 11.6. The zero-order chi connectivity index (χ0) is 26.9. The van der Waals surface area contributed by atoms with Crippen LogP contribution in [0, 0.1) is 0 Å². The third kappa shape index (κ3) is 8.76. The Hall–Kier alpha value is -3.24. The van der Waals surface area contributed by atoms with Crippen LogP contribution in [0.15, 0.2) is 60.0 Å². The second-order valence-corrected chi connectivity index (χ2v) is 10.8. The molecule has 2 aromatic rings. The highest BCUT2D eigenvalue weighted by molar-refractivity contribution is 7.89. The second kappa shape index (κ2) is 12.6. The average Bonchev–Trinajstić information content (AvgIpc) is 2.79. The van der Waals surface area contributed by atoms with Crippen LogP contribution in [-0.4, -0.2) is 62.5 Å². The normalized spacial score (nSPS) is 12.6. The largest absolute Gasteiger partial charge is 0.466 e. The predicted octanol–water partition coefficient (Wildman–Crippen LogP) is 3.19. The Balaban J connectivity index is 2.35. The van der Waals surface area contributed by atoms with Crippen molar-refractivity contribution in [1.82, 2.24) is 9.62 Å². The monoisotopic (exact) mass is 518 g/mol. The molecule has 0 bridgehead atoms. The number of fused-ring (bicyclic) bond motifs is 1. The molecule has 1 amide bonds. The van der Waals surface area contributed by atoms with Gasteiger partial charge in [-0.3, -0.25) is 14.4 Å². The Bertz CT molecular complexity index is 1200. The summed E-state index contributed by atoms with van der Waals surface area (Å²) in [7, 11) is -4.20. The molecule has 0 aliphatic rings. The molecule has 1 atom stereocenters. The topological polar surface area (TPSA) is 119 Å². The number of amides is 1. The summed E-state index contributed by atoms with van der Waals surface area (Å²) in [5.74, 6) is -1.93. The Morgan fingerprint density at radius 3 is 2.36 bits per heavy atom. The summed E-state index contributed by atoms with van der Waals surface area (Å²) in [6, 6.07) is 10.4. The summed E-state index contributed by atoms with van der Waals surface area (Å²) in [5, 5.41) is 1.56. The van der Waals surface area contributed by atoms with Gasteiger partial charge in [-0.15, -0.1) is 6.58 Å². The Morgan fingerprint density at radius 1 is 1.08 bits per heavy atom. The molecule has 0 radical (unpaired) electrons. The fourth-order valence-corrected chi connectivity index (χ4v) is 4.67. The van der Waals surface area contributed by atoms with E-state index >= 15 is 0 Å². The van der Waals surface area contributed by atoms with Gasteiger partial charge in [-0.25, -0.2) is 8.42 Å². The van der Waals surface area contributed by atoms with Gasteiger partial charge in [0.25, 0.3) is 0 Å². The maximum Gasteiger partial charge on any atom is 0.308 e. The summed E-state index contributed by atoms with van der Waals surface area (Å²) in [6.45, 7) is 10.5. The van der Waals surface area contributed by atoms with Crippen LogP contribution in [0.3, 0.4) is 0 Å². The van der Waals surface area contributed by atoms with Crippen molar-refractivity contribution < 1.29 is 32.3 Å². The summed E-state index contributed by atoms with van der Waals surface area (Å²) >= 11 is 0. The number of ether oxygens (including phenoxy) is 2. The zero-order valence-electron chi connectivity index (χ0n) is 21.2. The van der Waals surface area contributed by atoms with Crippen molar-refractivity contribution >= 4 is 38.6 Å². The van der Waals surface area contributed by atoms with Crippen molar-refractivity contribution in [3.05, 3.63) is 55.1 Å². The van der Waals surface area contributed by atoms with Crippen LogP contribution in [0.25, 0.3) is 10.8 Å². The number of nitrogens with one attached hydrogen (secondary N) is 1. The molecule has 1 N–H and O–H groups in total. The fraction of sp³-hybridized carbons (Fsp3) is 0.423. The van der Waals surface area contributed by atoms with Crippen LogP contribution < -0.4 is 4.72 Å². The van der Waals surface area contributed by atoms with Gasteiger partial charge in [0.2, 0.25) is 15.9 Å². The first-order valence-corrected chi connectivity index (χ1v) is 13.1. The van der Waals surface area contributed by atoms with E-state index in [0.29, 0.717) is 5.39 Å². The third-order valence-electron chi connectivity index (χ3n) is 4.97. The quantitative estimate of drug-likeness (QED) is 0.339. The minimum absolute atomic E-state index is 0.0355. The van der Waals surface area contributed by atoms with Gasteiger partial charge in [-0.05, 0) is 50.6 Å². The predicted molar refractivity (Wildman–Crippen MR) is 137 cm³/mol. The molecule has 0 aliphatic heterocycles. The highest BCUT2D eigenvalue weighted by Gasteiger charge is 2.33. The third-order valence-corrected chi connectivity index (χ3v) is 6.44. The molecule has 9 nitrogen and oxygen atoms in total. The second-order valence-electron chi connectivity index (χ2n) is 9.10. The van der Waals surface area contributed by atoms with E-state index in [4.69, 9.17) is 9.47 Å². The summed E-state index contributed by atoms with van der Waals surface area (Å²) < 4.78 is 39.1. The number of carbonyl (C=O) groups excluding carboxylic acids is 3. The lowest BCUT2D eigenvalue weighted by molar-refractivity contribution is -0.157. The van der Waals surface area contributed by atoms with Crippen LogP contribution in [0.2, 0.25) is 0 Å². The van der Waals surface area contributed by atoms with Crippen LogP contribution in [0.5, 0.6) is 0 Å². The molecule has 2 aromatic carbocycles. The SMILES string of the molecule is C=CCN(CCC(=O)OCC)C(=O)[C@H](CC(=O)OC(C)(C)C)NS(=O)(=O)c1ccc2ccccc2c1. The van der Waals surface area contributed by atoms with E-state index in [1.54, 1.807) is 45.9 Å². The Morgan fingerprint density at radius 2 is 1.75 bits per heavy atom. The molecular weight excluding hydrogens is 484 g/mol. The lowest BCUT2D eigenvalue weighted by atomic mass is 10.1. The van der Waals surface area contributed by atoms with E-state index < -0.39 is 45.9 Å². The number of nitrogens with zero attached hydrogens (tertiary/aromatic N) is 1. The van der Waals surface area contributed by atoms with Crippen molar-refractivity contribution in [3.8, 4) is 0 Å². The molecule has 196 valence electrons. The van der Waals surface area contributed by atoms with E-state index in [9.17, 15) is 22.8 Å². The van der Waals surface area contributed by atoms with E-state index in [0.717, 1.165) is 5.39 Å². The van der Waals surface area contributed by atoms with E-state index in [-0.39, 0.29) is 31.0 Å². The van der Waals surface area contributed by atoms with Crippen molar-refractivity contribution in [2.75, 3.05) is 19.7 Å². The smallest absolute Gasteiger partial charge is 0.308 e. The number of rotatable bonds is 12. The Labute approximate surface area is 212 Å². The van der Waals surface area contributed by atoms with Crippen LogP contribution in [0.4, 0.5) is 0 Å². The maximum absolute atomic E-state index is 13.4. The minimum Gasteiger partial charge on any atom is -0.466 e. The van der Waals surface area contributed by atoms with Gasteiger partial charge < -0.3 is 14.4 Å². The Kier molecular flexibility index (Phi) is 10.2. The molecule has 0 fully saturated rings. The summed E-state index contributed by atoms with van der Waals surface area (Å²) in [5.41, 5.74) is -0.827. The first kappa shape index (κ1) is 29.0. The lowest BCUT2D eigenvalue weighted by Crippen LogP contribution is -2.50. The van der Waals surface area contributed by atoms with Gasteiger partial charge in [0.1, 0.15) is 11.6 Å². The number of hydrogen-bond acceptors (Lipinski definition) is 7. The molecule has 0 aromatic heterocycles. The lowest BCUT2D eigenvalue weighted by Gasteiger charge is -2.27. The molecule has 2 rings (SSSR count). The summed E-state index contributed by atoms with van der Waals surface area (Å²) in [4.78, 5) is 39.0. The first-order chi connectivity index (χ1) is 16.9. The molecule has 0 spiro atoms. The fourth-order valence-electron chi connectivity index (χ4n) is 3.45. The van der Waals surface area contributed by atoms with Gasteiger partial charge in [0.05, 0.1) is 24.3 Å². The number of hydrogen-bond donors (Lipinski definition) is 1. The summed E-state index contributed by atoms with van der Waals surface area (Å²) in [6.07, 6.45) is 0.825. The zero-order valence-corrected chi connectivity index (χ0v) is 22.0. The van der Waals surface area contributed by atoms with Crippen LogP contribution >= 0.6 is 0 Å². The van der Waals surface area contributed by atoms with E-state index in [1.165, 1.54) is 23.1 Å². The standard InChI is InChI=1S/C26H34N2O7S/c1-6-15-28(16-14-23(29)34-7-2)25(31)22(18-24(30)35-26(3,4)5)27-36(32,33)21-13-12-19-10-8-9-11-20(19)17-21/h6,8-13,17,22,27H,1,7,14-16,18H2,2-5H3/t22-/m0/s1.